The zero-order chi connectivity index (χ0) is 7.33. The molecule has 54 valence electrons. The fourth-order valence-corrected chi connectivity index (χ4v) is 0.325. The highest BCUT2D eigenvalue weighted by atomic mass is 31.2. The van der Waals surface area contributed by atoms with Gasteiger partial charge in [0.1, 0.15) is 0 Å². The SMILES string of the molecule is O=COCOP(=O)(O)O. The van der Waals surface area contributed by atoms with E-state index >= 15 is 0 Å². The molecule has 2 N–H and O–H groups in total. The maximum Gasteiger partial charge on any atom is 0.472 e. The lowest BCUT2D eigenvalue weighted by molar-refractivity contribution is -0.135. The van der Waals surface area contributed by atoms with Crippen LogP contribution in [-0.4, -0.2) is 23.1 Å². The van der Waals surface area contributed by atoms with E-state index in [4.69, 9.17) is 9.79 Å². The number of rotatable bonds is 4. The molecule has 6 nitrogen and oxygen atoms in total. The Labute approximate surface area is 50.6 Å². The van der Waals surface area contributed by atoms with E-state index in [1.165, 1.54) is 0 Å². The normalized spacial score (nSPS) is 10.9. The van der Waals surface area contributed by atoms with E-state index in [1.807, 2.05) is 0 Å². The van der Waals surface area contributed by atoms with Crippen molar-refractivity contribution in [2.75, 3.05) is 6.79 Å². The number of ether oxygens (including phenoxy) is 1. The van der Waals surface area contributed by atoms with Crippen molar-refractivity contribution in [1.82, 2.24) is 0 Å². The van der Waals surface area contributed by atoms with Gasteiger partial charge in [0.15, 0.2) is 0 Å². The zero-order valence-corrected chi connectivity index (χ0v) is 5.15. The van der Waals surface area contributed by atoms with Crippen LogP contribution in [0.3, 0.4) is 0 Å². The van der Waals surface area contributed by atoms with E-state index in [0.717, 1.165) is 0 Å². The Morgan fingerprint density at radius 2 is 2.11 bits per heavy atom. The lowest BCUT2D eigenvalue weighted by Crippen LogP contribution is -1.95. The number of carbonyl (C=O) groups excluding carboxylic acids is 1. The molecule has 0 aromatic carbocycles. The van der Waals surface area contributed by atoms with Crippen LogP contribution in [0.15, 0.2) is 0 Å². The molecular weight excluding hydrogens is 151 g/mol. The van der Waals surface area contributed by atoms with Crippen molar-refractivity contribution in [1.29, 1.82) is 0 Å². The predicted octanol–water partition coefficient (Wildman–Crippen LogP) is -0.774. The highest BCUT2D eigenvalue weighted by Gasteiger charge is 2.12. The molecule has 0 aliphatic heterocycles. The second kappa shape index (κ2) is 3.58. The van der Waals surface area contributed by atoms with Gasteiger partial charge in [-0.1, -0.05) is 0 Å². The Kier molecular flexibility index (Phi) is 3.41. The van der Waals surface area contributed by atoms with Crippen LogP contribution in [0.5, 0.6) is 0 Å². The standard InChI is InChI=1S/C2H5O6P/c3-1-7-2-8-9(4,5)6/h1H,2H2,(H2,4,5,6). The van der Waals surface area contributed by atoms with E-state index in [2.05, 4.69) is 9.26 Å². The quantitative estimate of drug-likeness (QED) is 0.240. The first-order chi connectivity index (χ1) is 4.06. The van der Waals surface area contributed by atoms with Gasteiger partial charge in [0.2, 0.25) is 6.79 Å². The molecule has 7 heteroatoms. The summed E-state index contributed by atoms with van der Waals surface area (Å²) in [5.41, 5.74) is 0. The van der Waals surface area contributed by atoms with Gasteiger partial charge < -0.3 is 14.5 Å². The fraction of sp³-hybridized carbons (Fsp3) is 0.500. The van der Waals surface area contributed by atoms with Gasteiger partial charge in [-0.2, -0.15) is 0 Å². The van der Waals surface area contributed by atoms with E-state index in [-0.39, 0.29) is 6.47 Å². The second-order valence-corrected chi connectivity index (χ2v) is 2.24. The Morgan fingerprint density at radius 1 is 1.56 bits per heavy atom. The lowest BCUT2D eigenvalue weighted by atomic mass is 11.4. The summed E-state index contributed by atoms with van der Waals surface area (Å²) in [4.78, 5) is 25.2. The van der Waals surface area contributed by atoms with E-state index in [9.17, 15) is 9.36 Å². The smallest absolute Gasteiger partial charge is 0.440 e. The predicted molar refractivity (Wildman–Crippen MR) is 25.1 cm³/mol. The second-order valence-electron chi connectivity index (χ2n) is 1.00. The Bertz CT molecular complexity index is 125. The summed E-state index contributed by atoms with van der Waals surface area (Å²) >= 11 is 0. The first-order valence-corrected chi connectivity index (χ1v) is 3.34. The molecule has 0 radical (unpaired) electrons. The van der Waals surface area contributed by atoms with Crippen molar-refractivity contribution in [2.45, 2.75) is 0 Å². The van der Waals surface area contributed by atoms with Gasteiger partial charge in [0, 0.05) is 0 Å². The molecule has 0 aromatic heterocycles. The Balaban J connectivity index is 3.28. The van der Waals surface area contributed by atoms with Crippen LogP contribution < -0.4 is 0 Å². The number of carbonyl (C=O) groups is 1. The molecule has 0 bridgehead atoms. The minimum atomic E-state index is -4.48. The third kappa shape index (κ3) is 7.58. The maximum absolute atomic E-state index is 9.78. The van der Waals surface area contributed by atoms with Crippen LogP contribution in [0.25, 0.3) is 0 Å². The zero-order valence-electron chi connectivity index (χ0n) is 4.26. The number of phosphoric acid groups is 1. The maximum atomic E-state index is 9.78. The fourth-order valence-electron chi connectivity index (χ4n) is 0.127. The molecule has 0 atom stereocenters. The van der Waals surface area contributed by atoms with Crippen LogP contribution in [-0.2, 0) is 18.6 Å². The van der Waals surface area contributed by atoms with Gasteiger partial charge in [0.25, 0.3) is 6.47 Å². The van der Waals surface area contributed by atoms with Crippen molar-refractivity contribution in [2.24, 2.45) is 0 Å². The molecule has 0 amide bonds. The van der Waals surface area contributed by atoms with Crippen molar-refractivity contribution < 1.29 is 28.4 Å². The van der Waals surface area contributed by atoms with E-state index < -0.39 is 14.6 Å². The van der Waals surface area contributed by atoms with Crippen molar-refractivity contribution in [3.63, 3.8) is 0 Å². The lowest BCUT2D eigenvalue weighted by Gasteiger charge is -2.01. The van der Waals surface area contributed by atoms with Gasteiger partial charge in [-0.15, -0.1) is 0 Å². The summed E-state index contributed by atoms with van der Waals surface area (Å²) in [7, 11) is -4.48. The minimum Gasteiger partial charge on any atom is -0.440 e. The summed E-state index contributed by atoms with van der Waals surface area (Å²) in [5.74, 6) is 0. The molecule has 0 heterocycles. The summed E-state index contributed by atoms with van der Waals surface area (Å²) < 4.78 is 17.3. The molecule has 0 rings (SSSR count). The molecule has 0 aromatic rings. The average molecular weight is 156 g/mol. The Morgan fingerprint density at radius 3 is 2.44 bits per heavy atom. The van der Waals surface area contributed by atoms with Gasteiger partial charge in [-0.05, 0) is 0 Å². The summed E-state index contributed by atoms with van der Waals surface area (Å²) in [5, 5.41) is 0. The van der Waals surface area contributed by atoms with Crippen LogP contribution >= 0.6 is 7.82 Å². The van der Waals surface area contributed by atoms with Crippen LogP contribution in [0.2, 0.25) is 0 Å². The molecule has 0 unspecified atom stereocenters. The average Bonchev–Trinajstić information content (AvgIpc) is 1.63. The number of hydrogen-bond donors (Lipinski definition) is 2. The monoisotopic (exact) mass is 156 g/mol. The molecule has 0 saturated carbocycles. The molecule has 0 fully saturated rings. The van der Waals surface area contributed by atoms with Crippen LogP contribution in [0.4, 0.5) is 0 Å². The summed E-state index contributed by atoms with van der Waals surface area (Å²) in [6, 6.07) is 0. The molecular formula is C2H5O6P. The first-order valence-electron chi connectivity index (χ1n) is 1.81. The van der Waals surface area contributed by atoms with E-state index in [0.29, 0.717) is 0 Å². The Hall–Kier alpha value is -0.420. The number of hydrogen-bond acceptors (Lipinski definition) is 4. The number of phosphoric ester groups is 1. The molecule has 0 spiro atoms. The van der Waals surface area contributed by atoms with E-state index in [1.54, 1.807) is 0 Å². The molecule has 0 aliphatic carbocycles. The summed E-state index contributed by atoms with van der Waals surface area (Å²) in [6.45, 7) is -0.705. The van der Waals surface area contributed by atoms with Gasteiger partial charge in [-0.3, -0.25) is 4.79 Å². The topological polar surface area (TPSA) is 93.1 Å². The van der Waals surface area contributed by atoms with Crippen LogP contribution in [0.1, 0.15) is 0 Å². The van der Waals surface area contributed by atoms with Crippen LogP contribution in [0, 0.1) is 0 Å². The van der Waals surface area contributed by atoms with Crippen molar-refractivity contribution in [3.8, 4) is 0 Å². The van der Waals surface area contributed by atoms with Gasteiger partial charge in [-0.25, -0.2) is 9.09 Å². The minimum absolute atomic E-state index is 0.0235. The first kappa shape index (κ1) is 8.58. The van der Waals surface area contributed by atoms with Gasteiger partial charge >= 0.3 is 7.82 Å². The third-order valence-corrected chi connectivity index (χ3v) is 0.799. The molecule has 0 aliphatic rings. The van der Waals surface area contributed by atoms with Gasteiger partial charge in [0.05, 0.1) is 0 Å². The van der Waals surface area contributed by atoms with Crippen molar-refractivity contribution >= 4 is 14.3 Å². The third-order valence-electron chi connectivity index (χ3n) is 0.357. The summed E-state index contributed by atoms with van der Waals surface area (Å²) in [6.07, 6.45) is 0. The van der Waals surface area contributed by atoms with Crippen molar-refractivity contribution in [3.05, 3.63) is 0 Å². The largest absolute Gasteiger partial charge is 0.472 e. The molecule has 9 heavy (non-hydrogen) atoms. The molecule has 0 saturated heterocycles. The highest BCUT2D eigenvalue weighted by molar-refractivity contribution is 7.46. The highest BCUT2D eigenvalue weighted by Crippen LogP contribution is 2.35.